The Balaban J connectivity index is 1.65. The summed E-state index contributed by atoms with van der Waals surface area (Å²) in [6.07, 6.45) is 8.34. The van der Waals surface area contributed by atoms with Crippen molar-refractivity contribution in [1.29, 1.82) is 0 Å². The van der Waals surface area contributed by atoms with Crippen molar-refractivity contribution in [3.8, 4) is 11.3 Å². The van der Waals surface area contributed by atoms with Gasteiger partial charge in [-0.1, -0.05) is 17.7 Å². The lowest BCUT2D eigenvalue weighted by molar-refractivity contribution is -0.115. The molecular formula is C17H14ClN5O. The number of amides is 1. The van der Waals surface area contributed by atoms with E-state index in [-0.39, 0.29) is 12.3 Å². The molecule has 7 heteroatoms. The lowest BCUT2D eigenvalue weighted by atomic mass is 10.1. The van der Waals surface area contributed by atoms with Crippen LogP contribution in [-0.4, -0.2) is 25.8 Å². The Morgan fingerprint density at radius 2 is 2.00 bits per heavy atom. The Bertz CT molecular complexity index is 853. The minimum absolute atomic E-state index is 0.168. The average Bonchev–Trinajstić information content (AvgIpc) is 2.59. The molecule has 0 spiro atoms. The second-order valence-corrected chi connectivity index (χ2v) is 5.56. The molecule has 3 aromatic rings. The third-order valence-electron chi connectivity index (χ3n) is 3.33. The summed E-state index contributed by atoms with van der Waals surface area (Å²) in [5.74, 6) is 0.310. The number of aryl methyl sites for hydroxylation is 1. The third kappa shape index (κ3) is 3.91. The Kier molecular flexibility index (Phi) is 4.77. The number of nitrogens with one attached hydrogen (secondary N) is 1. The molecule has 0 fully saturated rings. The standard InChI is InChI=1S/C17H14ClN5O/c1-11-6-12(8-22-17(11)18)7-16(24)23-15-3-2-13(9-21-15)14-10-19-4-5-20-14/h2-6,8-10H,7H2,1H3,(H,21,23,24). The fourth-order valence-electron chi connectivity index (χ4n) is 2.15. The molecule has 0 radical (unpaired) electrons. The normalized spacial score (nSPS) is 10.4. The van der Waals surface area contributed by atoms with Gasteiger partial charge in [0.25, 0.3) is 0 Å². The van der Waals surface area contributed by atoms with Crippen LogP contribution in [0, 0.1) is 6.92 Å². The number of hydrogen-bond donors (Lipinski definition) is 1. The minimum Gasteiger partial charge on any atom is -0.310 e. The highest BCUT2D eigenvalue weighted by molar-refractivity contribution is 6.30. The zero-order valence-corrected chi connectivity index (χ0v) is 13.7. The zero-order chi connectivity index (χ0) is 16.9. The Morgan fingerprint density at radius 3 is 2.67 bits per heavy atom. The molecule has 1 N–H and O–H groups in total. The van der Waals surface area contributed by atoms with Crippen LogP contribution in [0.25, 0.3) is 11.3 Å². The van der Waals surface area contributed by atoms with Gasteiger partial charge >= 0.3 is 0 Å². The minimum atomic E-state index is -0.168. The molecule has 3 aromatic heterocycles. The van der Waals surface area contributed by atoms with E-state index < -0.39 is 0 Å². The lowest BCUT2D eigenvalue weighted by Crippen LogP contribution is -2.15. The van der Waals surface area contributed by atoms with E-state index in [2.05, 4.69) is 25.3 Å². The van der Waals surface area contributed by atoms with Gasteiger partial charge in [0.15, 0.2) is 0 Å². The fraction of sp³-hybridized carbons (Fsp3) is 0.118. The first-order valence-electron chi connectivity index (χ1n) is 7.25. The van der Waals surface area contributed by atoms with Gasteiger partial charge in [-0.15, -0.1) is 0 Å². The fourth-order valence-corrected chi connectivity index (χ4v) is 2.26. The van der Waals surface area contributed by atoms with E-state index in [0.717, 1.165) is 22.4 Å². The highest BCUT2D eigenvalue weighted by Gasteiger charge is 2.08. The summed E-state index contributed by atoms with van der Waals surface area (Å²) in [5.41, 5.74) is 3.20. The summed E-state index contributed by atoms with van der Waals surface area (Å²) in [5, 5.41) is 3.20. The van der Waals surface area contributed by atoms with Crippen molar-refractivity contribution in [1.82, 2.24) is 19.9 Å². The molecule has 0 atom stereocenters. The Hall–Kier alpha value is -2.86. The van der Waals surface area contributed by atoms with E-state index in [1.54, 1.807) is 37.1 Å². The first-order valence-corrected chi connectivity index (χ1v) is 7.63. The molecule has 0 bridgehead atoms. The maximum absolute atomic E-state index is 12.1. The van der Waals surface area contributed by atoms with Crippen molar-refractivity contribution in [3.05, 3.63) is 65.5 Å². The average molecular weight is 340 g/mol. The Labute approximate surface area is 144 Å². The van der Waals surface area contributed by atoms with Gasteiger partial charge < -0.3 is 5.32 Å². The van der Waals surface area contributed by atoms with E-state index in [0.29, 0.717) is 11.0 Å². The van der Waals surface area contributed by atoms with Gasteiger partial charge in [-0.3, -0.25) is 14.8 Å². The SMILES string of the molecule is Cc1cc(CC(=O)Nc2ccc(-c3cnccn3)cn2)cnc1Cl. The van der Waals surface area contributed by atoms with Gasteiger partial charge in [0.2, 0.25) is 5.91 Å². The van der Waals surface area contributed by atoms with Crippen LogP contribution in [0.4, 0.5) is 5.82 Å². The smallest absolute Gasteiger partial charge is 0.230 e. The van der Waals surface area contributed by atoms with Crippen LogP contribution in [0.15, 0.2) is 49.2 Å². The van der Waals surface area contributed by atoms with Gasteiger partial charge in [-0.2, -0.15) is 0 Å². The van der Waals surface area contributed by atoms with Crippen LogP contribution in [0.5, 0.6) is 0 Å². The predicted molar refractivity (Wildman–Crippen MR) is 91.6 cm³/mol. The first-order chi connectivity index (χ1) is 11.6. The van der Waals surface area contributed by atoms with E-state index in [9.17, 15) is 4.79 Å². The van der Waals surface area contributed by atoms with Gasteiger partial charge in [0.1, 0.15) is 11.0 Å². The number of anilines is 1. The molecule has 0 aliphatic carbocycles. The largest absolute Gasteiger partial charge is 0.310 e. The summed E-state index contributed by atoms with van der Waals surface area (Å²) in [7, 11) is 0. The van der Waals surface area contributed by atoms with E-state index in [4.69, 9.17) is 11.6 Å². The van der Waals surface area contributed by atoms with Gasteiger partial charge in [-0.25, -0.2) is 9.97 Å². The van der Waals surface area contributed by atoms with Crippen LogP contribution in [0.3, 0.4) is 0 Å². The van der Waals surface area contributed by atoms with Crippen LogP contribution in [0.2, 0.25) is 5.15 Å². The molecule has 0 saturated heterocycles. The van der Waals surface area contributed by atoms with Gasteiger partial charge in [0, 0.05) is 30.4 Å². The third-order valence-corrected chi connectivity index (χ3v) is 3.72. The quantitative estimate of drug-likeness (QED) is 0.739. The van der Waals surface area contributed by atoms with E-state index in [1.807, 2.05) is 19.1 Å². The van der Waals surface area contributed by atoms with Crippen molar-refractivity contribution in [2.75, 3.05) is 5.32 Å². The predicted octanol–water partition coefficient (Wildman–Crippen LogP) is 3.08. The zero-order valence-electron chi connectivity index (χ0n) is 12.9. The molecule has 120 valence electrons. The van der Waals surface area contributed by atoms with Gasteiger partial charge in [-0.05, 0) is 30.2 Å². The summed E-state index contributed by atoms with van der Waals surface area (Å²) in [4.78, 5) is 28.6. The number of hydrogen-bond acceptors (Lipinski definition) is 5. The number of halogens is 1. The number of pyridine rings is 2. The van der Waals surface area contributed by atoms with Crippen LogP contribution < -0.4 is 5.32 Å². The summed E-state index contributed by atoms with van der Waals surface area (Å²) < 4.78 is 0. The van der Waals surface area contributed by atoms with Crippen molar-refractivity contribution >= 4 is 23.3 Å². The maximum Gasteiger partial charge on any atom is 0.230 e. The number of aromatic nitrogens is 4. The lowest BCUT2D eigenvalue weighted by Gasteiger charge is -2.06. The van der Waals surface area contributed by atoms with Gasteiger partial charge in [0.05, 0.1) is 18.3 Å². The molecule has 0 aliphatic rings. The van der Waals surface area contributed by atoms with Crippen molar-refractivity contribution in [3.63, 3.8) is 0 Å². The molecule has 0 saturated carbocycles. The monoisotopic (exact) mass is 339 g/mol. The number of carbonyl (C=O) groups is 1. The summed E-state index contributed by atoms with van der Waals surface area (Å²) >= 11 is 5.88. The second-order valence-electron chi connectivity index (χ2n) is 5.20. The topological polar surface area (TPSA) is 80.7 Å². The highest BCUT2D eigenvalue weighted by Crippen LogP contribution is 2.16. The number of carbonyl (C=O) groups excluding carboxylic acids is 1. The van der Waals surface area contributed by atoms with Crippen molar-refractivity contribution in [2.24, 2.45) is 0 Å². The molecule has 3 rings (SSSR count). The molecule has 1 amide bonds. The maximum atomic E-state index is 12.1. The molecular weight excluding hydrogens is 326 g/mol. The highest BCUT2D eigenvalue weighted by atomic mass is 35.5. The van der Waals surface area contributed by atoms with Crippen LogP contribution >= 0.6 is 11.6 Å². The summed E-state index contributed by atoms with van der Waals surface area (Å²) in [6, 6.07) is 5.41. The Morgan fingerprint density at radius 1 is 1.12 bits per heavy atom. The second kappa shape index (κ2) is 7.14. The van der Waals surface area contributed by atoms with Crippen molar-refractivity contribution < 1.29 is 4.79 Å². The van der Waals surface area contributed by atoms with E-state index in [1.165, 1.54) is 0 Å². The molecule has 0 aromatic carbocycles. The van der Waals surface area contributed by atoms with Crippen LogP contribution in [-0.2, 0) is 11.2 Å². The van der Waals surface area contributed by atoms with Crippen molar-refractivity contribution in [2.45, 2.75) is 13.3 Å². The molecule has 6 nitrogen and oxygen atoms in total. The molecule has 24 heavy (non-hydrogen) atoms. The first kappa shape index (κ1) is 16.0. The molecule has 0 unspecified atom stereocenters. The summed E-state index contributed by atoms with van der Waals surface area (Å²) in [6.45, 7) is 1.85. The molecule has 3 heterocycles. The number of rotatable bonds is 4. The number of nitrogens with zero attached hydrogens (tertiary/aromatic N) is 4. The van der Waals surface area contributed by atoms with E-state index >= 15 is 0 Å². The molecule has 0 aliphatic heterocycles. The van der Waals surface area contributed by atoms with Crippen LogP contribution in [0.1, 0.15) is 11.1 Å².